The molecule has 2 unspecified atom stereocenters. The number of fused-ring (bicyclic) bond motifs is 1. The predicted octanol–water partition coefficient (Wildman–Crippen LogP) is 0.111. The molecule has 0 aliphatic carbocycles. The highest BCUT2D eigenvalue weighted by molar-refractivity contribution is 5.66. The van der Waals surface area contributed by atoms with Gasteiger partial charge in [-0.25, -0.2) is 0 Å². The van der Waals surface area contributed by atoms with Crippen LogP contribution in [0.2, 0.25) is 0 Å². The van der Waals surface area contributed by atoms with E-state index in [4.69, 9.17) is 4.74 Å². The number of morpholine rings is 1. The Kier molecular flexibility index (Phi) is 1.95. The number of hydrogen-bond acceptors (Lipinski definition) is 5. The molecule has 1 fully saturated rings. The van der Waals surface area contributed by atoms with Crippen LogP contribution in [-0.4, -0.2) is 47.0 Å². The van der Waals surface area contributed by atoms with Gasteiger partial charge in [-0.05, 0) is 13.8 Å². The maximum absolute atomic E-state index is 10.8. The molecule has 0 radical (unpaired) electrons. The lowest BCUT2D eigenvalue weighted by atomic mass is 9.91. The molecule has 14 heavy (non-hydrogen) atoms. The van der Waals surface area contributed by atoms with Crippen molar-refractivity contribution < 1.29 is 9.66 Å². The van der Waals surface area contributed by atoms with Crippen molar-refractivity contribution in [3.05, 3.63) is 10.1 Å². The second kappa shape index (κ2) is 2.91. The summed E-state index contributed by atoms with van der Waals surface area (Å²) in [6.45, 7) is 4.95. The van der Waals surface area contributed by atoms with Crippen LogP contribution in [0.25, 0.3) is 0 Å². The zero-order chi connectivity index (χ0) is 10.3. The molecule has 2 heterocycles. The quantitative estimate of drug-likeness (QED) is 0.444. The second-order valence-corrected chi connectivity index (χ2v) is 4.10. The third kappa shape index (κ3) is 1.26. The first-order valence-corrected chi connectivity index (χ1v) is 4.60. The Labute approximate surface area is 81.7 Å². The van der Waals surface area contributed by atoms with Gasteiger partial charge in [-0.2, -0.15) is 5.10 Å². The summed E-state index contributed by atoms with van der Waals surface area (Å²) >= 11 is 0. The zero-order valence-electron chi connectivity index (χ0n) is 8.21. The van der Waals surface area contributed by atoms with Crippen LogP contribution in [0, 0.1) is 10.1 Å². The average molecular weight is 199 g/mol. The fourth-order valence-electron chi connectivity index (χ4n) is 2.11. The lowest BCUT2D eigenvalue weighted by Crippen LogP contribution is -2.59. The first-order valence-electron chi connectivity index (χ1n) is 4.60. The lowest BCUT2D eigenvalue weighted by molar-refractivity contribution is -0.512. The topological polar surface area (TPSA) is 68.0 Å². The molecule has 0 amide bonds. The maximum Gasteiger partial charge on any atom is 0.274 e. The number of nitrogens with zero attached hydrogens (tertiary/aromatic N) is 3. The Morgan fingerprint density at radius 3 is 3.07 bits per heavy atom. The molecule has 78 valence electrons. The van der Waals surface area contributed by atoms with E-state index in [1.165, 1.54) is 6.21 Å². The van der Waals surface area contributed by atoms with Crippen molar-refractivity contribution in [2.24, 2.45) is 5.10 Å². The van der Waals surface area contributed by atoms with E-state index in [0.717, 1.165) is 0 Å². The highest BCUT2D eigenvalue weighted by atomic mass is 16.6. The highest BCUT2D eigenvalue weighted by Crippen LogP contribution is 2.30. The van der Waals surface area contributed by atoms with Gasteiger partial charge in [0.2, 0.25) is 0 Å². The molecule has 2 rings (SSSR count). The molecular formula is C8H13N3O3. The SMILES string of the molecule is CC1(C)OCCN2N=CC([N+](=O)[O-])C21. The smallest absolute Gasteiger partial charge is 0.274 e. The van der Waals surface area contributed by atoms with Gasteiger partial charge in [0.25, 0.3) is 6.04 Å². The largest absolute Gasteiger partial charge is 0.371 e. The van der Waals surface area contributed by atoms with E-state index < -0.39 is 11.6 Å². The molecule has 1 saturated heterocycles. The van der Waals surface area contributed by atoms with E-state index in [9.17, 15) is 10.1 Å². The molecule has 0 aromatic carbocycles. The van der Waals surface area contributed by atoms with Crippen molar-refractivity contribution in [2.45, 2.75) is 31.5 Å². The molecule has 0 aromatic heterocycles. The molecule has 6 nitrogen and oxygen atoms in total. The van der Waals surface area contributed by atoms with E-state index in [1.54, 1.807) is 5.01 Å². The molecule has 6 heteroatoms. The molecular weight excluding hydrogens is 186 g/mol. The standard InChI is InChI=1S/C8H13N3O3/c1-8(2)7-6(11(12)13)5-9-10(7)3-4-14-8/h5-7H,3-4H2,1-2H3. The summed E-state index contributed by atoms with van der Waals surface area (Å²) in [4.78, 5) is 10.5. The molecule has 0 spiro atoms. The molecule has 2 atom stereocenters. The normalized spacial score (nSPS) is 34.3. The van der Waals surface area contributed by atoms with Gasteiger partial charge in [-0.1, -0.05) is 0 Å². The van der Waals surface area contributed by atoms with Gasteiger partial charge in [-0.3, -0.25) is 15.1 Å². The summed E-state index contributed by atoms with van der Waals surface area (Å²) in [5.74, 6) is 0. The highest BCUT2D eigenvalue weighted by Gasteiger charge is 2.51. The van der Waals surface area contributed by atoms with Crippen LogP contribution in [0.5, 0.6) is 0 Å². The Morgan fingerprint density at radius 1 is 1.71 bits per heavy atom. The summed E-state index contributed by atoms with van der Waals surface area (Å²) in [5, 5.41) is 16.6. The number of hydrogen-bond donors (Lipinski definition) is 0. The van der Waals surface area contributed by atoms with Crippen molar-refractivity contribution >= 4 is 6.21 Å². The second-order valence-electron chi connectivity index (χ2n) is 4.10. The molecule has 2 aliphatic heterocycles. The van der Waals surface area contributed by atoms with E-state index in [-0.39, 0.29) is 11.0 Å². The Balaban J connectivity index is 2.26. The molecule has 2 aliphatic rings. The van der Waals surface area contributed by atoms with Crippen LogP contribution >= 0.6 is 0 Å². The maximum atomic E-state index is 10.8. The fourth-order valence-corrected chi connectivity index (χ4v) is 2.11. The molecule has 0 aromatic rings. The van der Waals surface area contributed by atoms with Gasteiger partial charge in [0.05, 0.1) is 18.8 Å². The summed E-state index contributed by atoms with van der Waals surface area (Å²) in [7, 11) is 0. The van der Waals surface area contributed by atoms with E-state index in [2.05, 4.69) is 5.10 Å². The van der Waals surface area contributed by atoms with Gasteiger partial charge in [0, 0.05) is 4.92 Å². The minimum absolute atomic E-state index is 0.272. The van der Waals surface area contributed by atoms with Gasteiger partial charge in [0.1, 0.15) is 12.3 Å². The summed E-state index contributed by atoms with van der Waals surface area (Å²) in [5.41, 5.74) is -0.507. The van der Waals surface area contributed by atoms with Crippen LogP contribution in [0.1, 0.15) is 13.8 Å². The zero-order valence-corrected chi connectivity index (χ0v) is 8.21. The average Bonchev–Trinajstić information content (AvgIpc) is 2.48. The monoisotopic (exact) mass is 199 g/mol. The van der Waals surface area contributed by atoms with Crippen LogP contribution in [0.15, 0.2) is 5.10 Å². The fraction of sp³-hybridized carbons (Fsp3) is 0.875. The van der Waals surface area contributed by atoms with Crippen molar-refractivity contribution in [1.29, 1.82) is 0 Å². The molecule has 0 N–H and O–H groups in total. The molecule has 0 saturated carbocycles. The third-order valence-electron chi connectivity index (χ3n) is 2.76. The van der Waals surface area contributed by atoms with Gasteiger partial charge >= 0.3 is 0 Å². The number of hydrazone groups is 1. The summed E-state index contributed by atoms with van der Waals surface area (Å²) in [6, 6.07) is -1.02. The Morgan fingerprint density at radius 2 is 2.43 bits per heavy atom. The number of ether oxygens (including phenoxy) is 1. The minimum atomic E-state index is -0.745. The van der Waals surface area contributed by atoms with Crippen molar-refractivity contribution in [3.8, 4) is 0 Å². The van der Waals surface area contributed by atoms with E-state index in [1.807, 2.05) is 13.8 Å². The summed E-state index contributed by atoms with van der Waals surface area (Å²) in [6.07, 6.45) is 1.40. The van der Waals surface area contributed by atoms with Crippen molar-refractivity contribution in [3.63, 3.8) is 0 Å². The van der Waals surface area contributed by atoms with E-state index >= 15 is 0 Å². The Hall–Kier alpha value is -1.17. The third-order valence-corrected chi connectivity index (χ3v) is 2.76. The van der Waals surface area contributed by atoms with Gasteiger partial charge in [0.15, 0.2) is 0 Å². The number of nitro groups is 1. The van der Waals surface area contributed by atoms with Gasteiger partial charge < -0.3 is 4.74 Å². The molecule has 0 bridgehead atoms. The predicted molar refractivity (Wildman–Crippen MR) is 49.8 cm³/mol. The van der Waals surface area contributed by atoms with Gasteiger partial charge in [-0.15, -0.1) is 0 Å². The van der Waals surface area contributed by atoms with Crippen LogP contribution in [0.3, 0.4) is 0 Å². The van der Waals surface area contributed by atoms with Crippen molar-refractivity contribution in [2.75, 3.05) is 13.2 Å². The Bertz CT molecular complexity index is 290. The van der Waals surface area contributed by atoms with Crippen molar-refractivity contribution in [1.82, 2.24) is 5.01 Å². The van der Waals surface area contributed by atoms with Crippen LogP contribution in [-0.2, 0) is 4.74 Å². The lowest BCUT2D eigenvalue weighted by Gasteiger charge is -2.41. The van der Waals surface area contributed by atoms with E-state index in [0.29, 0.717) is 13.2 Å². The number of rotatable bonds is 1. The minimum Gasteiger partial charge on any atom is -0.371 e. The van der Waals surface area contributed by atoms with Crippen LogP contribution in [0.4, 0.5) is 0 Å². The first kappa shape index (κ1) is 9.39. The van der Waals surface area contributed by atoms with Crippen LogP contribution < -0.4 is 0 Å². The first-order chi connectivity index (χ1) is 6.52. The summed E-state index contributed by atoms with van der Waals surface area (Å²) < 4.78 is 5.53.